The quantitative estimate of drug-likeness (QED) is 0.541. The Bertz CT molecular complexity index is 162. The van der Waals surface area contributed by atoms with Crippen molar-refractivity contribution in [3.05, 3.63) is 0 Å². The van der Waals surface area contributed by atoms with Gasteiger partial charge >= 0.3 is 0 Å². The van der Waals surface area contributed by atoms with Crippen LogP contribution in [-0.4, -0.2) is 49.4 Å². The Balaban J connectivity index is 0. The van der Waals surface area contributed by atoms with E-state index in [1.165, 1.54) is 0 Å². The molecule has 0 aromatic heterocycles. The van der Waals surface area contributed by atoms with Crippen molar-refractivity contribution >= 4 is 50.5 Å². The zero-order valence-electron chi connectivity index (χ0n) is 11.1. The normalized spacial score (nSPS) is 14.8. The highest BCUT2D eigenvalue weighted by Crippen LogP contribution is 2.17. The summed E-state index contributed by atoms with van der Waals surface area (Å²) in [6, 6.07) is 0. The molecule has 0 radical (unpaired) electrons. The maximum Gasteiger partial charge on any atom is 0.0928 e. The lowest BCUT2D eigenvalue weighted by Crippen LogP contribution is -2.29. The van der Waals surface area contributed by atoms with E-state index in [9.17, 15) is 0 Å². The second-order valence-corrected chi connectivity index (χ2v) is 6.12. The van der Waals surface area contributed by atoms with Gasteiger partial charge in [0.25, 0.3) is 0 Å². The maximum atomic E-state index is 5.09. The van der Waals surface area contributed by atoms with E-state index in [1.807, 2.05) is 0 Å². The molecule has 2 nitrogen and oxygen atoms in total. The maximum absolute atomic E-state index is 5.09. The molecule has 106 valence electrons. The highest BCUT2D eigenvalue weighted by atomic mass is 32.1. The first-order valence-corrected chi connectivity index (χ1v) is 7.82. The third kappa shape index (κ3) is 12.1. The number of hydrogen-bond acceptors (Lipinski definition) is 6. The fraction of sp³-hybridized carbons (Fsp3) is 1.00. The fourth-order valence-corrected chi connectivity index (χ4v) is 1.51. The Morgan fingerprint density at radius 3 is 1.71 bits per heavy atom. The Kier molecular flexibility index (Phi) is 15.0. The first kappa shape index (κ1) is 20.6. The zero-order chi connectivity index (χ0) is 13.9. The molecule has 0 saturated carbocycles. The monoisotopic (exact) mass is 318 g/mol. The summed E-state index contributed by atoms with van der Waals surface area (Å²) < 4.78 is 10.0. The molecule has 0 N–H and O–H groups in total. The molecule has 0 rings (SSSR count). The third-order valence-electron chi connectivity index (χ3n) is 2.11. The van der Waals surface area contributed by atoms with Crippen molar-refractivity contribution in [3.63, 3.8) is 0 Å². The van der Waals surface area contributed by atoms with Crippen molar-refractivity contribution in [1.82, 2.24) is 0 Å². The van der Waals surface area contributed by atoms with E-state index in [0.29, 0.717) is 17.8 Å². The van der Waals surface area contributed by atoms with Crippen LogP contribution in [0.25, 0.3) is 0 Å². The third-order valence-corrected chi connectivity index (χ3v) is 5.01. The summed E-state index contributed by atoms with van der Waals surface area (Å²) in [6.07, 6.45) is 0.0471. The average Bonchev–Trinajstić information content (AvgIpc) is 2.35. The second-order valence-electron chi connectivity index (χ2n) is 4.46. The van der Waals surface area contributed by atoms with Crippen LogP contribution in [0.2, 0.25) is 0 Å². The molecule has 0 heterocycles. The molecule has 0 saturated heterocycles. The molecule has 0 aliphatic rings. The van der Waals surface area contributed by atoms with Crippen LogP contribution in [0.4, 0.5) is 0 Å². The zero-order valence-corrected chi connectivity index (χ0v) is 14.7. The van der Waals surface area contributed by atoms with E-state index in [4.69, 9.17) is 9.47 Å². The van der Waals surface area contributed by atoms with E-state index in [2.05, 4.69) is 64.4 Å². The van der Waals surface area contributed by atoms with Crippen molar-refractivity contribution in [2.45, 2.75) is 25.2 Å². The predicted molar refractivity (Wildman–Crippen MR) is 90.8 cm³/mol. The summed E-state index contributed by atoms with van der Waals surface area (Å²) in [6.45, 7) is 4.87. The molecule has 2 atom stereocenters. The van der Waals surface area contributed by atoms with Crippen molar-refractivity contribution in [3.8, 4) is 0 Å². The molecular formula is C11H26O2S4. The van der Waals surface area contributed by atoms with Gasteiger partial charge in [-0.15, -0.1) is 0 Å². The van der Waals surface area contributed by atoms with Crippen LogP contribution in [0.5, 0.6) is 0 Å². The minimum atomic E-state index is 0.0471. The SMILES string of the molecule is CC(C)(CS)CS.COCC(OC)C(S)CS. The van der Waals surface area contributed by atoms with E-state index in [0.717, 1.165) is 11.5 Å². The van der Waals surface area contributed by atoms with Crippen molar-refractivity contribution in [2.75, 3.05) is 38.1 Å². The molecule has 2 unspecified atom stereocenters. The number of methoxy groups -OCH3 is 2. The van der Waals surface area contributed by atoms with Crippen LogP contribution < -0.4 is 0 Å². The minimum Gasteiger partial charge on any atom is -0.382 e. The first-order valence-electron chi connectivity index (χ1n) is 5.40. The number of thiol groups is 4. The summed E-state index contributed by atoms with van der Waals surface area (Å²) >= 11 is 16.6. The van der Waals surface area contributed by atoms with Crippen LogP contribution in [0.1, 0.15) is 13.8 Å². The smallest absolute Gasteiger partial charge is 0.0928 e. The summed E-state index contributed by atoms with van der Waals surface area (Å²) in [5.74, 6) is 2.53. The summed E-state index contributed by atoms with van der Waals surface area (Å²) in [7, 11) is 3.29. The van der Waals surface area contributed by atoms with Gasteiger partial charge in [0, 0.05) is 25.2 Å². The van der Waals surface area contributed by atoms with Crippen LogP contribution in [0.15, 0.2) is 0 Å². The van der Waals surface area contributed by atoms with Gasteiger partial charge in [0.1, 0.15) is 0 Å². The molecule has 0 bridgehead atoms. The van der Waals surface area contributed by atoms with Crippen LogP contribution in [0.3, 0.4) is 0 Å². The molecule has 0 fully saturated rings. The van der Waals surface area contributed by atoms with Gasteiger partial charge in [-0.1, -0.05) is 13.8 Å². The fourth-order valence-electron chi connectivity index (χ4n) is 0.668. The van der Waals surface area contributed by atoms with Gasteiger partial charge in [-0.25, -0.2) is 0 Å². The number of ether oxygens (including phenoxy) is 2. The molecule has 0 aliphatic carbocycles. The van der Waals surface area contributed by atoms with Crippen molar-refractivity contribution < 1.29 is 9.47 Å². The number of rotatable bonds is 7. The van der Waals surface area contributed by atoms with Gasteiger partial charge in [0.2, 0.25) is 0 Å². The molecule has 0 amide bonds. The van der Waals surface area contributed by atoms with E-state index >= 15 is 0 Å². The summed E-state index contributed by atoms with van der Waals surface area (Å²) in [5.41, 5.74) is 0.312. The van der Waals surface area contributed by atoms with Gasteiger partial charge < -0.3 is 9.47 Å². The van der Waals surface area contributed by atoms with Gasteiger partial charge in [-0.2, -0.15) is 50.5 Å². The van der Waals surface area contributed by atoms with Gasteiger partial charge in [-0.3, -0.25) is 0 Å². The standard InChI is InChI=1S/C6H14O2S2.C5H12S2/c1-7-3-5(8-2)6(10)4-9;1-5(2,3-6)4-7/h5-6,9-10H,3-4H2,1-2H3;6-7H,3-4H2,1-2H3. The van der Waals surface area contributed by atoms with Crippen molar-refractivity contribution in [1.29, 1.82) is 0 Å². The first-order chi connectivity index (χ1) is 7.88. The molecule has 0 aromatic rings. The minimum absolute atomic E-state index is 0.0471. The highest BCUT2D eigenvalue weighted by Gasteiger charge is 2.15. The van der Waals surface area contributed by atoms with Gasteiger partial charge in [0.15, 0.2) is 0 Å². The Hall–Kier alpha value is 1.32. The molecule has 0 spiro atoms. The largest absolute Gasteiger partial charge is 0.382 e. The average molecular weight is 319 g/mol. The Morgan fingerprint density at radius 2 is 1.53 bits per heavy atom. The summed E-state index contributed by atoms with van der Waals surface area (Å²) in [4.78, 5) is 0. The Morgan fingerprint density at radius 1 is 1.06 bits per heavy atom. The van der Waals surface area contributed by atoms with Crippen molar-refractivity contribution in [2.24, 2.45) is 5.41 Å². The van der Waals surface area contributed by atoms with Gasteiger partial charge in [0.05, 0.1) is 12.7 Å². The van der Waals surface area contributed by atoms with Crippen LogP contribution in [-0.2, 0) is 9.47 Å². The molecular weight excluding hydrogens is 292 g/mol. The van der Waals surface area contributed by atoms with Gasteiger partial charge in [-0.05, 0) is 16.9 Å². The molecule has 0 aliphatic heterocycles. The van der Waals surface area contributed by atoms with E-state index < -0.39 is 0 Å². The molecule has 0 aromatic carbocycles. The van der Waals surface area contributed by atoms with E-state index in [1.54, 1.807) is 14.2 Å². The lowest BCUT2D eigenvalue weighted by Gasteiger charge is -2.18. The lowest BCUT2D eigenvalue weighted by molar-refractivity contribution is 0.0309. The van der Waals surface area contributed by atoms with Crippen LogP contribution in [0, 0.1) is 5.41 Å². The topological polar surface area (TPSA) is 18.5 Å². The number of hydrogen-bond donors (Lipinski definition) is 4. The van der Waals surface area contributed by atoms with E-state index in [-0.39, 0.29) is 11.4 Å². The predicted octanol–water partition coefficient (Wildman–Crippen LogP) is 2.75. The lowest BCUT2D eigenvalue weighted by atomic mass is 10.0. The second kappa shape index (κ2) is 12.4. The molecule has 17 heavy (non-hydrogen) atoms. The highest BCUT2D eigenvalue weighted by molar-refractivity contribution is 7.84. The van der Waals surface area contributed by atoms with Crippen LogP contribution >= 0.6 is 50.5 Å². The molecule has 6 heteroatoms. The summed E-state index contributed by atoms with van der Waals surface area (Å²) in [5, 5.41) is 0.147. The Labute approximate surface area is 128 Å².